The van der Waals surface area contributed by atoms with E-state index < -0.39 is 60.6 Å². The summed E-state index contributed by atoms with van der Waals surface area (Å²) in [4.78, 5) is 67.7. The quantitative estimate of drug-likeness (QED) is 0.290. The third-order valence-electron chi connectivity index (χ3n) is 3.10. The molecule has 2 unspecified atom stereocenters. The molecule has 0 aromatic rings. The molecule has 0 radical (unpaired) electrons. The average molecular weight is 373 g/mol. The molecule has 0 aliphatic heterocycles. The van der Waals surface area contributed by atoms with Crippen LogP contribution in [0.2, 0.25) is 0 Å². The van der Waals surface area contributed by atoms with Crippen molar-refractivity contribution in [3.8, 4) is 0 Å². The lowest BCUT2D eigenvalue weighted by Crippen LogP contribution is -2.51. The van der Waals surface area contributed by atoms with E-state index in [9.17, 15) is 28.8 Å². The van der Waals surface area contributed by atoms with Crippen LogP contribution in [-0.4, -0.2) is 59.2 Å². The lowest BCUT2D eigenvalue weighted by molar-refractivity contribution is -0.147. The van der Waals surface area contributed by atoms with Crippen LogP contribution < -0.4 is 16.4 Å². The Morgan fingerprint density at radius 1 is 1.08 bits per heavy atom. The predicted molar refractivity (Wildman–Crippen MR) is 86.5 cm³/mol. The normalized spacial score (nSPS) is 12.4. The van der Waals surface area contributed by atoms with Gasteiger partial charge in [-0.05, 0) is 13.3 Å². The minimum Gasteiger partial charge on any atom is -0.481 e. The molecule has 0 aromatic heterocycles. The summed E-state index contributed by atoms with van der Waals surface area (Å²) in [7, 11) is 0. The van der Waals surface area contributed by atoms with Crippen molar-refractivity contribution >= 4 is 35.4 Å². The highest BCUT2D eigenvalue weighted by molar-refractivity contribution is 5.95. The summed E-state index contributed by atoms with van der Waals surface area (Å²) >= 11 is 0. The van der Waals surface area contributed by atoms with E-state index in [1.165, 1.54) is 6.92 Å². The molecule has 0 aromatic carbocycles. The number of esters is 1. The van der Waals surface area contributed by atoms with Crippen molar-refractivity contribution in [1.29, 1.82) is 0 Å². The molecule has 146 valence electrons. The first-order valence-electron chi connectivity index (χ1n) is 7.78. The van der Waals surface area contributed by atoms with Crippen LogP contribution in [0.15, 0.2) is 0 Å². The lowest BCUT2D eigenvalue weighted by atomic mass is 10.1. The van der Waals surface area contributed by atoms with Crippen molar-refractivity contribution in [2.45, 2.75) is 51.6 Å². The Hall–Kier alpha value is -2.98. The van der Waals surface area contributed by atoms with Crippen molar-refractivity contribution in [2.24, 2.45) is 5.73 Å². The molecule has 2 atom stereocenters. The van der Waals surface area contributed by atoms with E-state index >= 15 is 0 Å². The van der Waals surface area contributed by atoms with Gasteiger partial charge < -0.3 is 26.2 Å². The zero-order chi connectivity index (χ0) is 20.3. The molecule has 11 heteroatoms. The van der Waals surface area contributed by atoms with Gasteiger partial charge in [-0.3, -0.25) is 28.8 Å². The second kappa shape index (κ2) is 11.6. The Kier molecular flexibility index (Phi) is 10.2. The topological polar surface area (TPSA) is 182 Å². The Morgan fingerprint density at radius 3 is 2.19 bits per heavy atom. The first-order chi connectivity index (χ1) is 12.0. The van der Waals surface area contributed by atoms with Gasteiger partial charge in [0.25, 0.3) is 0 Å². The van der Waals surface area contributed by atoms with Gasteiger partial charge in [-0.2, -0.15) is 0 Å². The third-order valence-corrected chi connectivity index (χ3v) is 3.10. The van der Waals surface area contributed by atoms with Gasteiger partial charge in [0.2, 0.25) is 17.7 Å². The molecule has 0 heterocycles. The van der Waals surface area contributed by atoms with Crippen LogP contribution in [0, 0.1) is 0 Å². The summed E-state index contributed by atoms with van der Waals surface area (Å²) in [5.74, 6) is -4.70. The molecule has 11 nitrogen and oxygen atoms in total. The van der Waals surface area contributed by atoms with Gasteiger partial charge in [-0.25, -0.2) is 0 Å². The lowest BCUT2D eigenvalue weighted by Gasteiger charge is -2.19. The maximum absolute atomic E-state index is 12.0. The maximum atomic E-state index is 12.0. The number of ketones is 1. The van der Waals surface area contributed by atoms with Gasteiger partial charge in [0.05, 0.1) is 6.42 Å². The summed E-state index contributed by atoms with van der Waals surface area (Å²) < 4.78 is 4.50. The second-order valence-corrected chi connectivity index (χ2v) is 5.51. The maximum Gasteiger partial charge on any atom is 0.305 e. The fourth-order valence-corrected chi connectivity index (χ4v) is 1.79. The average Bonchev–Trinajstić information content (AvgIpc) is 2.50. The van der Waals surface area contributed by atoms with E-state index in [-0.39, 0.29) is 19.3 Å². The second-order valence-electron chi connectivity index (χ2n) is 5.51. The molecule has 0 aliphatic rings. The van der Waals surface area contributed by atoms with Gasteiger partial charge in [0, 0.05) is 19.8 Å². The van der Waals surface area contributed by atoms with Crippen LogP contribution in [0.3, 0.4) is 0 Å². The van der Waals surface area contributed by atoms with E-state index in [1.807, 2.05) is 0 Å². The molecule has 3 amide bonds. The third kappa shape index (κ3) is 10.7. The van der Waals surface area contributed by atoms with E-state index in [4.69, 9.17) is 10.8 Å². The van der Waals surface area contributed by atoms with E-state index in [0.717, 1.165) is 6.92 Å². The minimum absolute atomic E-state index is 0.0233. The summed E-state index contributed by atoms with van der Waals surface area (Å²) in [6.07, 6.45) is -0.479. The highest BCUT2D eigenvalue weighted by Gasteiger charge is 2.26. The fourth-order valence-electron chi connectivity index (χ4n) is 1.79. The van der Waals surface area contributed by atoms with Gasteiger partial charge >= 0.3 is 11.9 Å². The number of aliphatic carboxylic acids is 1. The zero-order valence-corrected chi connectivity index (χ0v) is 14.6. The summed E-state index contributed by atoms with van der Waals surface area (Å²) in [6.45, 7) is 1.74. The zero-order valence-electron chi connectivity index (χ0n) is 14.6. The number of hydrogen-bond acceptors (Lipinski definition) is 7. The van der Waals surface area contributed by atoms with Crippen molar-refractivity contribution in [3.05, 3.63) is 0 Å². The molecule has 0 bridgehead atoms. The summed E-state index contributed by atoms with van der Waals surface area (Å²) in [5.41, 5.74) is 4.95. The number of carboxylic acids is 1. The SMILES string of the molecule is CC(=O)OCC(=O)C(CC(=O)O)NC(=O)C(C)NC(=O)CCCC(N)=O. The molecule has 0 saturated heterocycles. The Morgan fingerprint density at radius 2 is 1.69 bits per heavy atom. The van der Waals surface area contributed by atoms with Crippen LogP contribution in [0.25, 0.3) is 0 Å². The van der Waals surface area contributed by atoms with E-state index in [0.29, 0.717) is 0 Å². The predicted octanol–water partition coefficient (Wildman–Crippen LogP) is -1.76. The Bertz CT molecular complexity index is 575. The first-order valence-corrected chi connectivity index (χ1v) is 7.78. The van der Waals surface area contributed by atoms with Crippen LogP contribution in [0.5, 0.6) is 0 Å². The number of primary amides is 1. The highest BCUT2D eigenvalue weighted by atomic mass is 16.5. The van der Waals surface area contributed by atoms with Gasteiger partial charge in [0.1, 0.15) is 12.1 Å². The van der Waals surface area contributed by atoms with Crippen molar-refractivity contribution < 1.29 is 38.6 Å². The summed E-state index contributed by atoms with van der Waals surface area (Å²) in [6, 6.07) is -2.46. The van der Waals surface area contributed by atoms with E-state index in [1.54, 1.807) is 0 Å². The standard InChI is InChI=1S/C15H23N3O8/c1-8(17-13(22)5-3-4-12(16)21)15(25)18-10(6-14(23)24)11(20)7-26-9(2)19/h8,10H,3-7H2,1-2H3,(H2,16,21)(H,17,22)(H,18,25)(H,23,24). The van der Waals surface area contributed by atoms with Crippen molar-refractivity contribution in [3.63, 3.8) is 0 Å². The number of carbonyl (C=O) groups excluding carboxylic acids is 5. The smallest absolute Gasteiger partial charge is 0.305 e. The number of hydrogen-bond donors (Lipinski definition) is 4. The van der Waals surface area contributed by atoms with E-state index in [2.05, 4.69) is 15.4 Å². The van der Waals surface area contributed by atoms with Crippen LogP contribution in [0.1, 0.15) is 39.5 Å². The van der Waals surface area contributed by atoms with Gasteiger partial charge in [-0.1, -0.05) is 0 Å². The number of carboxylic acid groups (broad SMARTS) is 1. The highest BCUT2D eigenvalue weighted by Crippen LogP contribution is 1.99. The minimum atomic E-state index is -1.41. The molecular formula is C15H23N3O8. The van der Waals surface area contributed by atoms with Crippen molar-refractivity contribution in [1.82, 2.24) is 10.6 Å². The number of ether oxygens (including phenoxy) is 1. The molecular weight excluding hydrogens is 350 g/mol. The van der Waals surface area contributed by atoms with Crippen LogP contribution in [-0.2, 0) is 33.5 Å². The van der Waals surface area contributed by atoms with Gasteiger partial charge in [-0.15, -0.1) is 0 Å². The van der Waals surface area contributed by atoms with Crippen LogP contribution >= 0.6 is 0 Å². The number of nitrogens with one attached hydrogen (secondary N) is 2. The molecule has 0 aliphatic carbocycles. The number of nitrogens with two attached hydrogens (primary N) is 1. The number of amides is 3. The molecule has 26 heavy (non-hydrogen) atoms. The Labute approximate surface area is 149 Å². The molecule has 0 spiro atoms. The summed E-state index contributed by atoms with van der Waals surface area (Å²) in [5, 5.41) is 13.4. The Balaban J connectivity index is 4.63. The molecule has 0 saturated carbocycles. The fraction of sp³-hybridized carbons (Fsp3) is 0.600. The largest absolute Gasteiger partial charge is 0.481 e. The number of Topliss-reactive ketones (excluding diaryl/α,β-unsaturated/α-hetero) is 1. The molecule has 0 fully saturated rings. The molecule has 0 rings (SSSR count). The van der Waals surface area contributed by atoms with Gasteiger partial charge in [0.15, 0.2) is 12.4 Å². The first kappa shape index (κ1) is 23.0. The number of carbonyl (C=O) groups is 6. The molecule has 5 N–H and O–H groups in total. The van der Waals surface area contributed by atoms with Crippen molar-refractivity contribution in [2.75, 3.05) is 6.61 Å². The monoisotopic (exact) mass is 373 g/mol. The number of rotatable bonds is 12. The van der Waals surface area contributed by atoms with Crippen LogP contribution in [0.4, 0.5) is 0 Å².